The number of alkyl halides is 2. The number of rotatable bonds is 3. The molecule has 1 atom stereocenters. The number of esters is 1. The molecule has 0 fully saturated rings. The Morgan fingerprint density at radius 1 is 1.32 bits per heavy atom. The molecular formula is C22H22F2N2O5. The Bertz CT molecular complexity index is 1250. The molecule has 1 aliphatic rings. The fourth-order valence-electron chi connectivity index (χ4n) is 4.28. The highest BCUT2D eigenvalue weighted by Crippen LogP contribution is 2.50. The normalized spacial score (nSPS) is 15.6. The van der Waals surface area contributed by atoms with E-state index < -0.39 is 29.5 Å². The predicted octanol–water partition coefficient (Wildman–Crippen LogP) is 4.23. The molecule has 7 nitrogen and oxygen atoms in total. The van der Waals surface area contributed by atoms with Crippen LogP contribution in [-0.2, 0) is 11.3 Å². The summed E-state index contributed by atoms with van der Waals surface area (Å²) < 4.78 is 37.0. The molecule has 0 radical (unpaired) electrons. The zero-order chi connectivity index (χ0) is 22.7. The molecular weight excluding hydrogens is 410 g/mol. The summed E-state index contributed by atoms with van der Waals surface area (Å²) in [7, 11) is 1.13. The first-order valence-electron chi connectivity index (χ1n) is 9.69. The largest absolute Gasteiger partial charge is 0.506 e. The molecule has 0 saturated carbocycles. The first-order valence-corrected chi connectivity index (χ1v) is 9.69. The van der Waals surface area contributed by atoms with E-state index in [4.69, 9.17) is 0 Å². The van der Waals surface area contributed by atoms with Crippen LogP contribution in [0.5, 0.6) is 11.5 Å². The fraction of sp³-hybridized carbons (Fsp3) is 0.364. The topological polar surface area (TPSA) is 93.6 Å². The monoisotopic (exact) mass is 432 g/mol. The number of carbonyl (C=O) groups excluding carboxylic acids is 1. The summed E-state index contributed by atoms with van der Waals surface area (Å²) in [5.74, 6) is -1.65. The second kappa shape index (κ2) is 7.11. The van der Waals surface area contributed by atoms with Crippen molar-refractivity contribution in [2.45, 2.75) is 39.8 Å². The Kier molecular flexibility index (Phi) is 4.79. The lowest BCUT2D eigenvalue weighted by Crippen LogP contribution is -2.31. The van der Waals surface area contributed by atoms with Crippen molar-refractivity contribution in [3.63, 3.8) is 0 Å². The van der Waals surface area contributed by atoms with Crippen LogP contribution in [0.25, 0.3) is 22.3 Å². The van der Waals surface area contributed by atoms with Gasteiger partial charge in [-0.05, 0) is 23.6 Å². The van der Waals surface area contributed by atoms with E-state index in [0.29, 0.717) is 34.4 Å². The van der Waals surface area contributed by atoms with Crippen molar-refractivity contribution < 1.29 is 28.2 Å². The highest BCUT2D eigenvalue weighted by molar-refractivity contribution is 5.96. The summed E-state index contributed by atoms with van der Waals surface area (Å²) in [6, 6.07) is 6.49. The van der Waals surface area contributed by atoms with Crippen molar-refractivity contribution in [1.29, 1.82) is 0 Å². The summed E-state index contributed by atoms with van der Waals surface area (Å²) in [5.41, 5.74) is 0.313. The summed E-state index contributed by atoms with van der Waals surface area (Å²) >= 11 is 0. The molecule has 1 aromatic carbocycles. The number of H-pyrrole nitrogens is 1. The van der Waals surface area contributed by atoms with Gasteiger partial charge in [0.15, 0.2) is 5.56 Å². The maximum Gasteiger partial charge on any atom is 0.387 e. The Labute approximate surface area is 176 Å². The van der Waals surface area contributed by atoms with Crippen molar-refractivity contribution in [2.24, 2.45) is 5.41 Å². The van der Waals surface area contributed by atoms with Gasteiger partial charge in [-0.15, -0.1) is 0 Å². The Morgan fingerprint density at radius 2 is 2.03 bits per heavy atom. The van der Waals surface area contributed by atoms with Crippen LogP contribution in [-0.4, -0.2) is 34.3 Å². The highest BCUT2D eigenvalue weighted by Gasteiger charge is 2.39. The zero-order valence-corrected chi connectivity index (χ0v) is 17.5. The number of aromatic amines is 1. The summed E-state index contributed by atoms with van der Waals surface area (Å²) in [4.78, 5) is 27.5. The number of aromatic hydroxyl groups is 1. The molecule has 2 N–H and O–H groups in total. The van der Waals surface area contributed by atoms with Crippen molar-refractivity contribution in [1.82, 2.24) is 9.55 Å². The van der Waals surface area contributed by atoms with Gasteiger partial charge >= 0.3 is 12.6 Å². The number of fused-ring (bicyclic) bond motifs is 5. The van der Waals surface area contributed by atoms with Gasteiger partial charge < -0.3 is 24.1 Å². The number of methoxy groups -OCH3 is 1. The molecule has 0 aliphatic carbocycles. The van der Waals surface area contributed by atoms with E-state index in [1.165, 1.54) is 6.07 Å². The lowest BCUT2D eigenvalue weighted by Gasteiger charge is -2.37. The molecule has 0 saturated heterocycles. The Hall–Kier alpha value is -3.36. The van der Waals surface area contributed by atoms with E-state index in [0.717, 1.165) is 7.11 Å². The Morgan fingerprint density at radius 3 is 2.65 bits per heavy atom. The molecule has 0 spiro atoms. The van der Waals surface area contributed by atoms with Crippen LogP contribution in [0.1, 0.15) is 42.6 Å². The van der Waals surface area contributed by atoms with E-state index >= 15 is 0 Å². The first kappa shape index (κ1) is 20.9. The predicted molar refractivity (Wildman–Crippen MR) is 110 cm³/mol. The van der Waals surface area contributed by atoms with Gasteiger partial charge in [-0.1, -0.05) is 26.8 Å². The molecule has 3 aromatic rings. The van der Waals surface area contributed by atoms with Crippen molar-refractivity contribution in [3.8, 4) is 22.9 Å². The van der Waals surface area contributed by atoms with Gasteiger partial charge in [-0.2, -0.15) is 8.78 Å². The van der Waals surface area contributed by atoms with Crippen molar-refractivity contribution in [2.75, 3.05) is 7.11 Å². The Balaban J connectivity index is 2.07. The molecule has 2 aromatic heterocycles. The van der Waals surface area contributed by atoms with Crippen LogP contribution < -0.4 is 10.3 Å². The number of nitrogens with one attached hydrogen (secondary N) is 1. The minimum Gasteiger partial charge on any atom is -0.506 e. The quantitative estimate of drug-likeness (QED) is 0.604. The number of nitrogens with zero attached hydrogens (tertiary/aromatic N) is 1. The third-order valence-corrected chi connectivity index (χ3v) is 5.75. The van der Waals surface area contributed by atoms with Crippen molar-refractivity contribution >= 4 is 16.9 Å². The summed E-state index contributed by atoms with van der Waals surface area (Å²) in [6.07, 6.45) is 0. The lowest BCUT2D eigenvalue weighted by atomic mass is 9.73. The van der Waals surface area contributed by atoms with E-state index in [-0.39, 0.29) is 17.1 Å². The molecule has 9 heteroatoms. The van der Waals surface area contributed by atoms with Gasteiger partial charge in [0.1, 0.15) is 11.5 Å². The van der Waals surface area contributed by atoms with Crippen molar-refractivity contribution in [3.05, 3.63) is 45.7 Å². The number of benzene rings is 1. The van der Waals surface area contributed by atoms with Crippen LogP contribution in [0, 0.1) is 5.41 Å². The number of hydrogen-bond acceptors (Lipinski definition) is 5. The average Bonchev–Trinajstić information content (AvgIpc) is 3.06. The number of pyridine rings is 1. The second-order valence-corrected chi connectivity index (χ2v) is 8.58. The van der Waals surface area contributed by atoms with Gasteiger partial charge in [0.25, 0.3) is 5.56 Å². The fourth-order valence-corrected chi connectivity index (χ4v) is 4.28. The zero-order valence-electron chi connectivity index (χ0n) is 17.5. The maximum absolute atomic E-state index is 12.9. The number of carbonyl (C=O) groups is 1. The summed E-state index contributed by atoms with van der Waals surface area (Å²) in [5, 5.41) is 11.4. The minimum atomic E-state index is -2.98. The molecule has 31 heavy (non-hydrogen) atoms. The van der Waals surface area contributed by atoms with Gasteiger partial charge in [-0.25, -0.2) is 4.79 Å². The third-order valence-electron chi connectivity index (χ3n) is 5.75. The molecule has 1 aliphatic heterocycles. The van der Waals surface area contributed by atoms with E-state index in [2.05, 4.69) is 14.5 Å². The molecule has 0 amide bonds. The maximum atomic E-state index is 12.9. The standard InChI is InChI=1S/C22H22F2N2O5/c1-22(2,3)11-9-26-12-6-5-7-14(31-21(23)24)10(12)8-13(26)17-15(11)18(27)16(19(28)25-17)20(29)30-4/h5-8,11,21H,9H2,1-4H3,(H2,25,27,28). The van der Waals surface area contributed by atoms with Crippen LogP contribution in [0.3, 0.4) is 0 Å². The minimum absolute atomic E-state index is 0.0148. The number of aromatic nitrogens is 2. The smallest absolute Gasteiger partial charge is 0.387 e. The van der Waals surface area contributed by atoms with Crippen LogP contribution >= 0.6 is 0 Å². The first-order chi connectivity index (χ1) is 14.5. The molecule has 1 unspecified atom stereocenters. The lowest BCUT2D eigenvalue weighted by molar-refractivity contribution is -0.0488. The molecule has 4 rings (SSSR count). The van der Waals surface area contributed by atoms with E-state index in [1.807, 2.05) is 25.3 Å². The third kappa shape index (κ3) is 3.24. The average molecular weight is 432 g/mol. The second-order valence-electron chi connectivity index (χ2n) is 8.58. The molecule has 0 bridgehead atoms. The highest BCUT2D eigenvalue weighted by atomic mass is 19.3. The van der Waals surface area contributed by atoms with E-state index in [1.54, 1.807) is 18.2 Å². The number of halogens is 2. The molecule has 164 valence electrons. The van der Waals surface area contributed by atoms with Gasteiger partial charge in [-0.3, -0.25) is 4.79 Å². The summed E-state index contributed by atoms with van der Waals surface area (Å²) in [6.45, 7) is 3.35. The molecule has 3 heterocycles. The van der Waals surface area contributed by atoms with Gasteiger partial charge in [0.05, 0.1) is 24.0 Å². The van der Waals surface area contributed by atoms with Gasteiger partial charge in [0, 0.05) is 23.4 Å². The van der Waals surface area contributed by atoms with Crippen LogP contribution in [0.15, 0.2) is 29.1 Å². The van der Waals surface area contributed by atoms with Gasteiger partial charge in [0.2, 0.25) is 0 Å². The SMILES string of the molecule is COC(=O)c1c(O)c2c([nH]c1=O)-c1cc3c(OC(F)F)cccc3n1CC2C(C)(C)C. The number of hydrogen-bond donors (Lipinski definition) is 2. The van der Waals surface area contributed by atoms with Crippen LogP contribution in [0.4, 0.5) is 8.78 Å². The van der Waals surface area contributed by atoms with Crippen LogP contribution in [0.2, 0.25) is 0 Å². The van der Waals surface area contributed by atoms with E-state index in [9.17, 15) is 23.5 Å². The number of ether oxygens (including phenoxy) is 2.